The van der Waals surface area contributed by atoms with Gasteiger partial charge in [0.1, 0.15) is 18.9 Å². The molecular formula is C22H38NO4+. The van der Waals surface area contributed by atoms with Gasteiger partial charge in [0.15, 0.2) is 6.54 Å². The molecule has 0 atom stereocenters. The van der Waals surface area contributed by atoms with Crippen LogP contribution in [0.1, 0.15) is 46.6 Å². The Morgan fingerprint density at radius 2 is 1.59 bits per heavy atom. The van der Waals surface area contributed by atoms with Crippen molar-refractivity contribution in [3.05, 3.63) is 29.8 Å². The standard InChI is InChI=1S/C22H37NO4/c1-21(2,3)17-22(4,5)18-8-10-19(11-9-18)27-15-14-26-13-12-23(6,7)16-20(24)25/h8-11H,12-17H2,1-7H3/p+1. The Labute approximate surface area is 164 Å². The zero-order chi connectivity index (χ0) is 20.7. The van der Waals surface area contributed by atoms with Crippen molar-refractivity contribution in [2.24, 2.45) is 5.41 Å². The second-order valence-electron chi connectivity index (χ2n) is 9.82. The molecule has 0 aliphatic rings. The highest BCUT2D eigenvalue weighted by atomic mass is 16.5. The van der Waals surface area contributed by atoms with E-state index in [0.29, 0.717) is 30.8 Å². The van der Waals surface area contributed by atoms with E-state index in [2.05, 4.69) is 46.8 Å². The average molecular weight is 381 g/mol. The van der Waals surface area contributed by atoms with Gasteiger partial charge in [-0.3, -0.25) is 0 Å². The predicted octanol–water partition coefficient (Wildman–Crippen LogP) is 3.96. The lowest BCUT2D eigenvalue weighted by molar-refractivity contribution is -0.883. The second kappa shape index (κ2) is 9.56. The van der Waals surface area contributed by atoms with Crippen LogP contribution in [-0.2, 0) is 14.9 Å². The Hall–Kier alpha value is -1.59. The fourth-order valence-electron chi connectivity index (χ4n) is 3.51. The van der Waals surface area contributed by atoms with Crippen molar-refractivity contribution in [1.29, 1.82) is 0 Å². The van der Waals surface area contributed by atoms with Gasteiger partial charge in [-0.1, -0.05) is 46.8 Å². The molecule has 0 amide bonds. The van der Waals surface area contributed by atoms with Crippen molar-refractivity contribution in [3.8, 4) is 5.75 Å². The molecular weight excluding hydrogens is 342 g/mol. The third-order valence-corrected chi connectivity index (χ3v) is 4.51. The van der Waals surface area contributed by atoms with Gasteiger partial charge in [-0.05, 0) is 34.9 Å². The molecule has 0 aliphatic heterocycles. The number of carbonyl (C=O) groups is 1. The van der Waals surface area contributed by atoms with Crippen LogP contribution in [0.3, 0.4) is 0 Å². The van der Waals surface area contributed by atoms with Crippen molar-refractivity contribution in [1.82, 2.24) is 0 Å². The monoisotopic (exact) mass is 380 g/mol. The van der Waals surface area contributed by atoms with Crippen LogP contribution in [0.2, 0.25) is 0 Å². The maximum Gasteiger partial charge on any atom is 0.359 e. The topological polar surface area (TPSA) is 55.8 Å². The summed E-state index contributed by atoms with van der Waals surface area (Å²) in [6.07, 6.45) is 1.12. The molecule has 0 aliphatic carbocycles. The summed E-state index contributed by atoms with van der Waals surface area (Å²) in [6, 6.07) is 8.33. The van der Waals surface area contributed by atoms with Crippen molar-refractivity contribution in [2.45, 2.75) is 46.5 Å². The van der Waals surface area contributed by atoms with E-state index < -0.39 is 5.97 Å². The van der Waals surface area contributed by atoms with E-state index in [-0.39, 0.29) is 17.4 Å². The van der Waals surface area contributed by atoms with Gasteiger partial charge in [0.25, 0.3) is 0 Å². The second-order valence-corrected chi connectivity index (χ2v) is 9.82. The van der Waals surface area contributed by atoms with E-state index in [4.69, 9.17) is 14.6 Å². The molecule has 154 valence electrons. The summed E-state index contributed by atoms with van der Waals surface area (Å²) >= 11 is 0. The number of carboxylic acid groups (broad SMARTS) is 1. The molecule has 5 heteroatoms. The predicted molar refractivity (Wildman–Crippen MR) is 109 cm³/mol. The van der Waals surface area contributed by atoms with Gasteiger partial charge < -0.3 is 19.1 Å². The number of nitrogens with zero attached hydrogens (tertiary/aromatic N) is 1. The van der Waals surface area contributed by atoms with Gasteiger partial charge >= 0.3 is 5.97 Å². The largest absolute Gasteiger partial charge is 0.491 e. The van der Waals surface area contributed by atoms with E-state index >= 15 is 0 Å². The molecule has 0 saturated heterocycles. The summed E-state index contributed by atoms with van der Waals surface area (Å²) in [5.74, 6) is 0.0494. The van der Waals surface area contributed by atoms with Gasteiger partial charge in [0.2, 0.25) is 0 Å². The lowest BCUT2D eigenvalue weighted by Crippen LogP contribution is -2.46. The van der Waals surface area contributed by atoms with E-state index in [1.54, 1.807) is 0 Å². The van der Waals surface area contributed by atoms with Gasteiger partial charge in [-0.2, -0.15) is 0 Å². The number of aliphatic carboxylic acids is 1. The maximum atomic E-state index is 10.8. The molecule has 5 nitrogen and oxygen atoms in total. The third kappa shape index (κ3) is 9.78. The van der Waals surface area contributed by atoms with Crippen LogP contribution in [0.5, 0.6) is 5.75 Å². The first kappa shape index (κ1) is 23.4. The van der Waals surface area contributed by atoms with Gasteiger partial charge in [0.05, 0.1) is 27.3 Å². The van der Waals surface area contributed by atoms with Gasteiger partial charge in [0, 0.05) is 0 Å². The van der Waals surface area contributed by atoms with Crippen LogP contribution >= 0.6 is 0 Å². The Kier molecular flexibility index (Phi) is 8.30. The average Bonchev–Trinajstić information content (AvgIpc) is 2.47. The molecule has 0 unspecified atom stereocenters. The van der Waals surface area contributed by atoms with Crippen LogP contribution in [0.15, 0.2) is 24.3 Å². The molecule has 0 spiro atoms. The van der Waals surface area contributed by atoms with E-state index in [1.807, 2.05) is 26.2 Å². The molecule has 1 rings (SSSR count). The first-order valence-corrected chi connectivity index (χ1v) is 9.66. The fraction of sp³-hybridized carbons (Fsp3) is 0.682. The number of quaternary nitrogens is 1. The number of benzene rings is 1. The number of carboxylic acids is 1. The molecule has 0 bridgehead atoms. The zero-order valence-electron chi connectivity index (χ0n) is 18.2. The molecule has 1 N–H and O–H groups in total. The van der Waals surface area contributed by atoms with Crippen LogP contribution in [0.25, 0.3) is 0 Å². The van der Waals surface area contributed by atoms with Crippen LogP contribution in [0, 0.1) is 5.41 Å². The van der Waals surface area contributed by atoms with Crippen LogP contribution < -0.4 is 4.74 Å². The smallest absolute Gasteiger partial charge is 0.359 e. The molecule has 0 aromatic heterocycles. The minimum atomic E-state index is -0.794. The third-order valence-electron chi connectivity index (χ3n) is 4.51. The fourth-order valence-corrected chi connectivity index (χ4v) is 3.51. The number of hydrogen-bond donors (Lipinski definition) is 1. The highest BCUT2D eigenvalue weighted by molar-refractivity contribution is 5.67. The molecule has 0 radical (unpaired) electrons. The van der Waals surface area contributed by atoms with E-state index in [9.17, 15) is 4.79 Å². The summed E-state index contributed by atoms with van der Waals surface area (Å²) in [6.45, 7) is 13.6. The summed E-state index contributed by atoms with van der Waals surface area (Å²) in [5, 5.41) is 8.86. The maximum absolute atomic E-state index is 10.8. The van der Waals surface area contributed by atoms with Gasteiger partial charge in [-0.25, -0.2) is 4.79 Å². The van der Waals surface area contributed by atoms with Crippen LogP contribution in [-0.4, -0.2) is 62.6 Å². The number of rotatable bonds is 11. The van der Waals surface area contributed by atoms with Crippen molar-refractivity contribution in [2.75, 3.05) is 47.0 Å². The van der Waals surface area contributed by atoms with Crippen molar-refractivity contribution >= 4 is 5.97 Å². The molecule has 0 saturated carbocycles. The Morgan fingerprint density at radius 3 is 2.11 bits per heavy atom. The summed E-state index contributed by atoms with van der Waals surface area (Å²) < 4.78 is 11.7. The highest BCUT2D eigenvalue weighted by Crippen LogP contribution is 2.36. The molecule has 27 heavy (non-hydrogen) atoms. The van der Waals surface area contributed by atoms with E-state index in [1.165, 1.54) is 5.56 Å². The van der Waals surface area contributed by atoms with Crippen molar-refractivity contribution < 1.29 is 23.9 Å². The normalized spacial score (nSPS) is 12.9. The number of likely N-dealkylation sites (N-methyl/N-ethyl adjacent to an activating group) is 1. The lowest BCUT2D eigenvalue weighted by atomic mass is 9.72. The number of ether oxygens (including phenoxy) is 2. The summed E-state index contributed by atoms with van der Waals surface area (Å²) in [5.41, 5.74) is 1.73. The molecule has 1 aromatic carbocycles. The number of hydrogen-bond acceptors (Lipinski definition) is 3. The Morgan fingerprint density at radius 1 is 1.00 bits per heavy atom. The zero-order valence-corrected chi connectivity index (χ0v) is 18.2. The van der Waals surface area contributed by atoms with Crippen LogP contribution in [0.4, 0.5) is 0 Å². The lowest BCUT2D eigenvalue weighted by Gasteiger charge is -2.33. The van der Waals surface area contributed by atoms with E-state index in [0.717, 1.165) is 12.2 Å². The summed E-state index contributed by atoms with van der Waals surface area (Å²) in [7, 11) is 3.77. The molecule has 0 fully saturated rings. The molecule has 0 heterocycles. The van der Waals surface area contributed by atoms with Gasteiger partial charge in [-0.15, -0.1) is 0 Å². The Bertz CT molecular complexity index is 585. The first-order chi connectivity index (χ1) is 12.3. The highest BCUT2D eigenvalue weighted by Gasteiger charge is 2.27. The van der Waals surface area contributed by atoms with Crippen molar-refractivity contribution in [3.63, 3.8) is 0 Å². The minimum absolute atomic E-state index is 0.0950. The first-order valence-electron chi connectivity index (χ1n) is 9.66. The Balaban J connectivity index is 2.35. The minimum Gasteiger partial charge on any atom is -0.491 e. The molecule has 1 aromatic rings. The summed E-state index contributed by atoms with van der Waals surface area (Å²) in [4.78, 5) is 10.8. The SMILES string of the molecule is CC(C)(C)CC(C)(C)c1ccc(OCCOCC[N+](C)(C)CC(=O)O)cc1. The quantitative estimate of drug-likeness (QED) is 0.466.